The standard InChI is InChI=1S/C19H17ClN6O/c1-12-10-16(27)26-17(13-5-7-14(20)8-6-13)24-18(25-19(26)23-12)22-11-15-4-2-3-9-21-15/h2-10,17H,11H2,1H3,(H2,22,23,24,25). The third-order valence-electron chi connectivity index (χ3n) is 4.15. The molecule has 4 rings (SSSR count). The number of rotatable bonds is 3. The second-order valence-electron chi connectivity index (χ2n) is 6.14. The summed E-state index contributed by atoms with van der Waals surface area (Å²) in [5.74, 6) is 0.969. The van der Waals surface area contributed by atoms with Gasteiger partial charge in [-0.15, -0.1) is 0 Å². The molecule has 136 valence electrons. The third kappa shape index (κ3) is 3.68. The van der Waals surface area contributed by atoms with E-state index in [0.717, 1.165) is 11.3 Å². The molecule has 0 fully saturated rings. The van der Waals surface area contributed by atoms with Crippen LogP contribution >= 0.6 is 11.6 Å². The van der Waals surface area contributed by atoms with Crippen LogP contribution in [0.15, 0.2) is 64.5 Å². The number of nitrogens with zero attached hydrogens (tertiary/aromatic N) is 4. The first-order valence-electron chi connectivity index (χ1n) is 8.44. The average Bonchev–Trinajstić information content (AvgIpc) is 2.67. The molecule has 0 saturated carbocycles. The lowest BCUT2D eigenvalue weighted by Gasteiger charge is -2.31. The number of nitrogens with one attached hydrogen (secondary N) is 2. The maximum atomic E-state index is 12.6. The summed E-state index contributed by atoms with van der Waals surface area (Å²) in [5.41, 5.74) is 2.21. The SMILES string of the molecule is Cc1cc(=O)n2c(n1)NC(=NCc1ccccn1)NC2c1ccc(Cl)cc1. The van der Waals surface area contributed by atoms with Crippen molar-refractivity contribution >= 4 is 23.5 Å². The number of halogens is 1. The molecule has 0 aliphatic carbocycles. The molecule has 8 heteroatoms. The minimum absolute atomic E-state index is 0.152. The lowest BCUT2D eigenvalue weighted by Crippen LogP contribution is -2.48. The number of fused-ring (bicyclic) bond motifs is 1. The summed E-state index contributed by atoms with van der Waals surface area (Å²) in [7, 11) is 0. The van der Waals surface area contributed by atoms with E-state index in [0.29, 0.717) is 29.2 Å². The Labute approximate surface area is 160 Å². The molecule has 1 unspecified atom stereocenters. The average molecular weight is 381 g/mol. The summed E-state index contributed by atoms with van der Waals surface area (Å²) in [6, 6.07) is 14.5. The second kappa shape index (κ2) is 7.20. The maximum absolute atomic E-state index is 12.6. The van der Waals surface area contributed by atoms with Crippen molar-refractivity contribution in [3.05, 3.63) is 87.1 Å². The van der Waals surface area contributed by atoms with Crippen LogP contribution in [0.3, 0.4) is 0 Å². The number of pyridine rings is 1. The Hall–Kier alpha value is -3.19. The van der Waals surface area contributed by atoms with Crippen LogP contribution < -0.4 is 16.2 Å². The zero-order valence-corrected chi connectivity index (χ0v) is 15.3. The minimum atomic E-state index is -0.443. The van der Waals surface area contributed by atoms with E-state index in [-0.39, 0.29) is 5.56 Å². The van der Waals surface area contributed by atoms with Crippen LogP contribution in [-0.2, 0) is 6.54 Å². The maximum Gasteiger partial charge on any atom is 0.257 e. The molecule has 7 nitrogen and oxygen atoms in total. The second-order valence-corrected chi connectivity index (χ2v) is 6.58. The first-order chi connectivity index (χ1) is 13.1. The molecule has 3 heterocycles. The molecule has 0 spiro atoms. The number of anilines is 1. The van der Waals surface area contributed by atoms with Gasteiger partial charge in [-0.2, -0.15) is 0 Å². The number of hydrogen-bond donors (Lipinski definition) is 2. The number of aryl methyl sites for hydroxylation is 1. The molecule has 2 N–H and O–H groups in total. The summed E-state index contributed by atoms with van der Waals surface area (Å²) in [6.45, 7) is 2.19. The molecule has 1 aliphatic heterocycles. The van der Waals surface area contributed by atoms with Crippen LogP contribution in [0, 0.1) is 6.92 Å². The Kier molecular flexibility index (Phi) is 4.60. The van der Waals surface area contributed by atoms with Gasteiger partial charge in [0.25, 0.3) is 5.56 Å². The van der Waals surface area contributed by atoms with Crippen molar-refractivity contribution in [2.75, 3.05) is 5.32 Å². The summed E-state index contributed by atoms with van der Waals surface area (Å²) in [4.78, 5) is 25.9. The van der Waals surface area contributed by atoms with E-state index < -0.39 is 6.17 Å². The number of aliphatic imine (C=N–C) groups is 1. The fourth-order valence-corrected chi connectivity index (χ4v) is 3.02. The highest BCUT2D eigenvalue weighted by atomic mass is 35.5. The number of aromatic nitrogens is 3. The van der Waals surface area contributed by atoms with E-state index in [4.69, 9.17) is 11.6 Å². The predicted molar refractivity (Wildman–Crippen MR) is 105 cm³/mol. The summed E-state index contributed by atoms with van der Waals surface area (Å²) >= 11 is 6.00. The largest absolute Gasteiger partial charge is 0.331 e. The third-order valence-corrected chi connectivity index (χ3v) is 4.41. The Morgan fingerprint density at radius 1 is 1.22 bits per heavy atom. The number of guanidine groups is 1. The lowest BCUT2D eigenvalue weighted by molar-refractivity contribution is 0.514. The Morgan fingerprint density at radius 2 is 2.04 bits per heavy atom. The van der Waals surface area contributed by atoms with Crippen molar-refractivity contribution in [2.24, 2.45) is 4.99 Å². The molecule has 0 amide bonds. The van der Waals surface area contributed by atoms with Crippen molar-refractivity contribution in [3.63, 3.8) is 0 Å². The van der Waals surface area contributed by atoms with Crippen LogP contribution in [0.2, 0.25) is 5.02 Å². The molecule has 1 aliphatic rings. The molecule has 1 atom stereocenters. The quantitative estimate of drug-likeness (QED) is 0.729. The highest BCUT2D eigenvalue weighted by Crippen LogP contribution is 2.23. The molecule has 1 aromatic carbocycles. The van der Waals surface area contributed by atoms with Gasteiger partial charge in [0.2, 0.25) is 5.95 Å². The van der Waals surface area contributed by atoms with Crippen LogP contribution in [0.4, 0.5) is 5.95 Å². The van der Waals surface area contributed by atoms with Crippen molar-refractivity contribution in [3.8, 4) is 0 Å². The van der Waals surface area contributed by atoms with Gasteiger partial charge in [-0.3, -0.25) is 19.7 Å². The first-order valence-corrected chi connectivity index (χ1v) is 8.81. The normalized spacial score (nSPS) is 17.1. The smallest absolute Gasteiger partial charge is 0.257 e. The highest BCUT2D eigenvalue weighted by Gasteiger charge is 2.26. The molecular weight excluding hydrogens is 364 g/mol. The number of hydrogen-bond acceptors (Lipinski definition) is 4. The predicted octanol–water partition coefficient (Wildman–Crippen LogP) is 2.72. The van der Waals surface area contributed by atoms with Gasteiger partial charge < -0.3 is 5.32 Å². The molecule has 3 aromatic rings. The van der Waals surface area contributed by atoms with Crippen LogP contribution in [0.25, 0.3) is 0 Å². The Balaban J connectivity index is 1.74. The van der Waals surface area contributed by atoms with Gasteiger partial charge in [-0.25, -0.2) is 9.98 Å². The minimum Gasteiger partial charge on any atom is -0.331 e. The van der Waals surface area contributed by atoms with Gasteiger partial charge in [0.1, 0.15) is 6.17 Å². The molecule has 0 radical (unpaired) electrons. The van der Waals surface area contributed by atoms with Gasteiger partial charge in [-0.1, -0.05) is 29.8 Å². The molecule has 0 saturated heterocycles. The zero-order chi connectivity index (χ0) is 18.8. The Bertz CT molecular complexity index is 1050. The van der Waals surface area contributed by atoms with Crippen LogP contribution in [-0.4, -0.2) is 20.5 Å². The topological polar surface area (TPSA) is 84.2 Å². The van der Waals surface area contributed by atoms with Crippen molar-refractivity contribution in [1.29, 1.82) is 0 Å². The Morgan fingerprint density at radius 3 is 2.78 bits per heavy atom. The molecule has 27 heavy (non-hydrogen) atoms. The summed E-state index contributed by atoms with van der Waals surface area (Å²) in [5, 5.41) is 6.99. The van der Waals surface area contributed by atoms with E-state index in [9.17, 15) is 4.79 Å². The number of benzene rings is 1. The molecule has 0 bridgehead atoms. The monoisotopic (exact) mass is 380 g/mol. The fourth-order valence-electron chi connectivity index (χ4n) is 2.89. The van der Waals surface area contributed by atoms with Gasteiger partial charge in [-0.05, 0) is 36.8 Å². The fraction of sp³-hybridized carbons (Fsp3) is 0.158. The van der Waals surface area contributed by atoms with Crippen LogP contribution in [0.5, 0.6) is 0 Å². The molecule has 2 aromatic heterocycles. The van der Waals surface area contributed by atoms with E-state index in [1.54, 1.807) is 29.8 Å². The van der Waals surface area contributed by atoms with Gasteiger partial charge in [0.15, 0.2) is 5.96 Å². The molecular formula is C19H17ClN6O. The van der Waals surface area contributed by atoms with E-state index in [2.05, 4.69) is 25.6 Å². The highest BCUT2D eigenvalue weighted by molar-refractivity contribution is 6.30. The van der Waals surface area contributed by atoms with Crippen molar-refractivity contribution in [1.82, 2.24) is 19.9 Å². The van der Waals surface area contributed by atoms with E-state index in [1.807, 2.05) is 30.3 Å². The summed E-state index contributed by atoms with van der Waals surface area (Å²) < 4.78 is 1.57. The lowest BCUT2D eigenvalue weighted by atomic mass is 10.1. The first kappa shape index (κ1) is 17.2. The van der Waals surface area contributed by atoms with E-state index in [1.165, 1.54) is 6.07 Å². The van der Waals surface area contributed by atoms with Crippen molar-refractivity contribution in [2.45, 2.75) is 19.6 Å². The van der Waals surface area contributed by atoms with Gasteiger partial charge >= 0.3 is 0 Å². The van der Waals surface area contributed by atoms with Gasteiger partial charge in [0, 0.05) is 23.0 Å². The zero-order valence-electron chi connectivity index (χ0n) is 14.6. The van der Waals surface area contributed by atoms with Gasteiger partial charge in [0.05, 0.1) is 12.2 Å². The summed E-state index contributed by atoms with van der Waals surface area (Å²) in [6.07, 6.45) is 1.29. The van der Waals surface area contributed by atoms with Crippen LogP contribution in [0.1, 0.15) is 23.1 Å². The van der Waals surface area contributed by atoms with Crippen molar-refractivity contribution < 1.29 is 0 Å². The van der Waals surface area contributed by atoms with E-state index >= 15 is 0 Å².